The van der Waals surface area contributed by atoms with Crippen molar-refractivity contribution in [2.75, 3.05) is 6.54 Å². The van der Waals surface area contributed by atoms with E-state index >= 15 is 0 Å². The second kappa shape index (κ2) is 9.58. The average Bonchev–Trinajstić information content (AvgIpc) is 3.47. The van der Waals surface area contributed by atoms with Crippen molar-refractivity contribution in [1.29, 1.82) is 0 Å². The zero-order chi connectivity index (χ0) is 20.9. The van der Waals surface area contributed by atoms with E-state index < -0.39 is 0 Å². The van der Waals surface area contributed by atoms with Crippen molar-refractivity contribution in [3.8, 4) is 0 Å². The Hall–Kier alpha value is -2.44. The molecule has 0 N–H and O–H groups in total. The molecule has 1 aliphatic carbocycles. The molecule has 0 unspecified atom stereocenters. The lowest BCUT2D eigenvalue weighted by molar-refractivity contribution is -0.133. The highest BCUT2D eigenvalue weighted by Gasteiger charge is 2.35. The van der Waals surface area contributed by atoms with Crippen LogP contribution >= 0.6 is 27.3 Å². The first-order chi connectivity index (χ1) is 14.6. The second-order valence-electron chi connectivity index (χ2n) is 7.49. The number of hydrogen-bond donors (Lipinski definition) is 0. The highest BCUT2D eigenvalue weighted by molar-refractivity contribution is 9.10. The van der Waals surface area contributed by atoms with E-state index in [2.05, 4.69) is 15.9 Å². The van der Waals surface area contributed by atoms with E-state index in [1.54, 1.807) is 22.3 Å². The van der Waals surface area contributed by atoms with Gasteiger partial charge in [0.15, 0.2) is 0 Å². The Morgan fingerprint density at radius 2 is 1.77 bits per heavy atom. The number of hydrogen-bond acceptors (Lipinski definition) is 3. The summed E-state index contributed by atoms with van der Waals surface area (Å²) in [6.45, 7) is 1.18. The molecule has 0 bridgehead atoms. The van der Waals surface area contributed by atoms with E-state index in [1.165, 1.54) is 0 Å². The summed E-state index contributed by atoms with van der Waals surface area (Å²) in [5.41, 5.74) is 1.69. The molecule has 1 heterocycles. The standard InChI is InChI=1S/C24H23BrN2O2S/c25-20-9-4-8-19(14-20)24(29)27(21-11-12-21)17-23(28)26(16-22-10-5-13-30-22)15-18-6-2-1-3-7-18/h1-10,13-14,21H,11-12,15-17H2. The monoisotopic (exact) mass is 482 g/mol. The van der Waals surface area contributed by atoms with Crippen LogP contribution in [0.1, 0.15) is 33.6 Å². The molecule has 4 rings (SSSR count). The molecule has 6 heteroatoms. The van der Waals surface area contributed by atoms with Crippen LogP contribution in [0, 0.1) is 0 Å². The maximum atomic E-state index is 13.3. The van der Waals surface area contributed by atoms with Crippen LogP contribution in [0.2, 0.25) is 0 Å². The van der Waals surface area contributed by atoms with Gasteiger partial charge in [0.05, 0.1) is 6.54 Å². The zero-order valence-corrected chi connectivity index (χ0v) is 18.9. The normalized spacial score (nSPS) is 13.1. The number of thiophene rings is 1. The molecular weight excluding hydrogens is 460 g/mol. The molecule has 30 heavy (non-hydrogen) atoms. The summed E-state index contributed by atoms with van der Waals surface area (Å²) in [6, 6.07) is 21.6. The minimum atomic E-state index is -0.0806. The zero-order valence-electron chi connectivity index (χ0n) is 16.5. The van der Waals surface area contributed by atoms with Gasteiger partial charge in [-0.15, -0.1) is 11.3 Å². The summed E-state index contributed by atoms with van der Waals surface area (Å²) < 4.78 is 0.860. The highest BCUT2D eigenvalue weighted by atomic mass is 79.9. The third-order valence-corrected chi connectivity index (χ3v) is 6.48. The van der Waals surface area contributed by atoms with Gasteiger partial charge in [0.2, 0.25) is 5.91 Å². The topological polar surface area (TPSA) is 40.6 Å². The van der Waals surface area contributed by atoms with Crippen LogP contribution in [0.25, 0.3) is 0 Å². The van der Waals surface area contributed by atoms with Crippen molar-refractivity contribution in [2.45, 2.75) is 32.0 Å². The number of amides is 2. The Bertz CT molecular complexity index is 1000. The number of rotatable bonds is 8. The summed E-state index contributed by atoms with van der Waals surface area (Å²) in [7, 11) is 0. The minimum Gasteiger partial charge on any atom is -0.332 e. The largest absolute Gasteiger partial charge is 0.332 e. The maximum Gasteiger partial charge on any atom is 0.254 e. The lowest BCUT2D eigenvalue weighted by Gasteiger charge is -2.28. The minimum absolute atomic E-state index is 0.0255. The SMILES string of the molecule is O=C(CN(C(=O)c1cccc(Br)c1)C1CC1)N(Cc1ccccc1)Cc1cccs1. The first-order valence-electron chi connectivity index (χ1n) is 10.0. The number of benzene rings is 2. The van der Waals surface area contributed by atoms with Crippen molar-refractivity contribution in [2.24, 2.45) is 0 Å². The molecule has 0 radical (unpaired) electrons. The van der Waals surface area contributed by atoms with Crippen molar-refractivity contribution in [3.63, 3.8) is 0 Å². The van der Waals surface area contributed by atoms with Gasteiger partial charge in [-0.1, -0.05) is 58.4 Å². The molecule has 1 saturated carbocycles. The fourth-order valence-electron chi connectivity index (χ4n) is 3.41. The number of carbonyl (C=O) groups excluding carboxylic acids is 2. The Labute approximate surface area is 189 Å². The van der Waals surface area contributed by atoms with Crippen LogP contribution in [0.3, 0.4) is 0 Å². The molecule has 4 nitrogen and oxygen atoms in total. The molecule has 2 aromatic carbocycles. The van der Waals surface area contributed by atoms with E-state index in [1.807, 2.05) is 70.9 Å². The molecule has 1 aromatic heterocycles. The molecule has 0 aliphatic heterocycles. The quantitative estimate of drug-likeness (QED) is 0.434. The fourth-order valence-corrected chi connectivity index (χ4v) is 4.53. The lowest BCUT2D eigenvalue weighted by Crippen LogP contribution is -2.43. The van der Waals surface area contributed by atoms with Crippen LogP contribution in [0.4, 0.5) is 0 Å². The van der Waals surface area contributed by atoms with Crippen LogP contribution in [-0.4, -0.2) is 34.2 Å². The van der Waals surface area contributed by atoms with E-state index in [-0.39, 0.29) is 24.4 Å². The summed E-state index contributed by atoms with van der Waals surface area (Å²) in [6.07, 6.45) is 1.91. The van der Waals surface area contributed by atoms with Crippen molar-refractivity contribution >= 4 is 39.1 Å². The lowest BCUT2D eigenvalue weighted by atomic mass is 10.2. The van der Waals surface area contributed by atoms with Crippen molar-refractivity contribution in [1.82, 2.24) is 9.80 Å². The molecule has 0 saturated heterocycles. The van der Waals surface area contributed by atoms with Gasteiger partial charge in [-0.05, 0) is 48.1 Å². The highest BCUT2D eigenvalue weighted by Crippen LogP contribution is 2.29. The number of nitrogens with zero attached hydrogens (tertiary/aromatic N) is 2. The first kappa shape index (κ1) is 20.8. The van der Waals surface area contributed by atoms with Gasteiger partial charge in [0, 0.05) is 27.5 Å². The molecule has 0 spiro atoms. The smallest absolute Gasteiger partial charge is 0.254 e. The third kappa shape index (κ3) is 5.37. The van der Waals surface area contributed by atoms with E-state index in [0.29, 0.717) is 18.7 Å². The van der Waals surface area contributed by atoms with E-state index in [0.717, 1.165) is 27.8 Å². The van der Waals surface area contributed by atoms with Crippen LogP contribution in [0.5, 0.6) is 0 Å². The van der Waals surface area contributed by atoms with E-state index in [4.69, 9.17) is 0 Å². The first-order valence-corrected chi connectivity index (χ1v) is 11.7. The molecule has 154 valence electrons. The molecule has 1 fully saturated rings. The van der Waals surface area contributed by atoms with Gasteiger partial charge >= 0.3 is 0 Å². The van der Waals surface area contributed by atoms with Gasteiger partial charge in [-0.25, -0.2) is 0 Å². The van der Waals surface area contributed by atoms with Crippen LogP contribution < -0.4 is 0 Å². The van der Waals surface area contributed by atoms with Crippen LogP contribution in [0.15, 0.2) is 76.6 Å². The molecular formula is C24H23BrN2O2S. The average molecular weight is 483 g/mol. The molecule has 3 aromatic rings. The van der Waals surface area contributed by atoms with Crippen molar-refractivity contribution < 1.29 is 9.59 Å². The molecule has 2 amide bonds. The third-order valence-electron chi connectivity index (χ3n) is 5.12. The summed E-state index contributed by atoms with van der Waals surface area (Å²) >= 11 is 5.07. The predicted octanol–water partition coefficient (Wildman–Crippen LogP) is 5.34. The Balaban J connectivity index is 1.52. The van der Waals surface area contributed by atoms with Gasteiger partial charge in [-0.2, -0.15) is 0 Å². The Kier molecular flexibility index (Phi) is 6.65. The summed E-state index contributed by atoms with van der Waals surface area (Å²) in [5, 5.41) is 2.02. The second-order valence-corrected chi connectivity index (χ2v) is 9.44. The summed E-state index contributed by atoms with van der Waals surface area (Å²) in [5.74, 6) is -0.106. The van der Waals surface area contributed by atoms with Gasteiger partial charge in [0.1, 0.15) is 6.54 Å². The molecule has 1 aliphatic rings. The predicted molar refractivity (Wildman–Crippen MR) is 123 cm³/mol. The number of carbonyl (C=O) groups is 2. The molecule has 0 atom stereocenters. The Morgan fingerprint density at radius 3 is 2.43 bits per heavy atom. The Morgan fingerprint density at radius 1 is 0.967 bits per heavy atom. The summed E-state index contributed by atoms with van der Waals surface area (Å²) in [4.78, 5) is 31.2. The van der Waals surface area contributed by atoms with Crippen molar-refractivity contribution in [3.05, 3.63) is 92.6 Å². The number of halogens is 1. The van der Waals surface area contributed by atoms with Crippen LogP contribution in [-0.2, 0) is 17.9 Å². The van der Waals surface area contributed by atoms with Gasteiger partial charge < -0.3 is 9.80 Å². The fraction of sp³-hybridized carbons (Fsp3) is 0.250. The van der Waals surface area contributed by atoms with Gasteiger partial charge in [-0.3, -0.25) is 9.59 Å². The van der Waals surface area contributed by atoms with Gasteiger partial charge in [0.25, 0.3) is 5.91 Å². The maximum absolute atomic E-state index is 13.3. The van der Waals surface area contributed by atoms with E-state index in [9.17, 15) is 9.59 Å².